The van der Waals surface area contributed by atoms with Crippen molar-refractivity contribution in [2.75, 3.05) is 13.2 Å². The van der Waals surface area contributed by atoms with Crippen LogP contribution in [0, 0.1) is 0 Å². The Morgan fingerprint density at radius 1 is 1.50 bits per heavy atom. The van der Waals surface area contributed by atoms with Gasteiger partial charge in [0, 0.05) is 18.7 Å². The van der Waals surface area contributed by atoms with Gasteiger partial charge >= 0.3 is 0 Å². The van der Waals surface area contributed by atoms with Crippen molar-refractivity contribution in [3.05, 3.63) is 30.1 Å². The Balaban J connectivity index is 2.10. The fraction of sp³-hybridized carbons (Fsp3) is 0.273. The van der Waals surface area contributed by atoms with Crippen molar-refractivity contribution in [2.45, 2.75) is 6.42 Å². The van der Waals surface area contributed by atoms with Crippen LogP contribution in [0.1, 0.15) is 16.8 Å². The zero-order valence-electron chi connectivity index (χ0n) is 8.73. The number of hydrogen-bond acceptors (Lipinski definition) is 3. The second kappa shape index (κ2) is 4.76. The van der Waals surface area contributed by atoms with Crippen LogP contribution < -0.4 is 5.32 Å². The summed E-state index contributed by atoms with van der Waals surface area (Å²) in [4.78, 5) is 18.7. The van der Waals surface area contributed by atoms with Gasteiger partial charge in [-0.3, -0.25) is 4.79 Å². The zero-order valence-corrected chi connectivity index (χ0v) is 8.73. The van der Waals surface area contributed by atoms with Crippen molar-refractivity contribution < 1.29 is 9.90 Å². The first-order valence-corrected chi connectivity index (χ1v) is 5.13. The molecule has 2 aromatic rings. The van der Waals surface area contributed by atoms with Crippen LogP contribution in [-0.2, 0) is 0 Å². The van der Waals surface area contributed by atoms with E-state index in [2.05, 4.69) is 15.3 Å². The number of nitrogens with one attached hydrogen (secondary N) is 2. The first-order valence-electron chi connectivity index (χ1n) is 5.13. The van der Waals surface area contributed by atoms with Crippen LogP contribution >= 0.6 is 0 Å². The van der Waals surface area contributed by atoms with Gasteiger partial charge in [-0.1, -0.05) is 0 Å². The fourth-order valence-electron chi connectivity index (χ4n) is 1.46. The van der Waals surface area contributed by atoms with Crippen molar-refractivity contribution in [2.24, 2.45) is 0 Å². The average molecular weight is 219 g/mol. The van der Waals surface area contributed by atoms with Gasteiger partial charge in [0.15, 0.2) is 0 Å². The number of aliphatic hydroxyl groups is 1. The molecule has 1 heterocycles. The maximum atomic E-state index is 11.7. The van der Waals surface area contributed by atoms with Crippen LogP contribution in [0.3, 0.4) is 0 Å². The Morgan fingerprint density at radius 2 is 2.38 bits per heavy atom. The Labute approximate surface area is 92.5 Å². The summed E-state index contributed by atoms with van der Waals surface area (Å²) in [7, 11) is 0. The van der Waals surface area contributed by atoms with Crippen LogP contribution in [0.5, 0.6) is 0 Å². The molecule has 0 unspecified atom stereocenters. The van der Waals surface area contributed by atoms with Crippen LogP contribution in [0.2, 0.25) is 0 Å². The summed E-state index contributed by atoms with van der Waals surface area (Å²) in [6.45, 7) is 0.566. The molecule has 1 amide bonds. The van der Waals surface area contributed by atoms with E-state index in [1.807, 2.05) is 0 Å². The second-order valence-corrected chi connectivity index (χ2v) is 3.47. The van der Waals surface area contributed by atoms with Crippen molar-refractivity contribution >= 4 is 16.9 Å². The Hall–Kier alpha value is -1.88. The quantitative estimate of drug-likeness (QED) is 0.661. The van der Waals surface area contributed by atoms with Gasteiger partial charge in [0.1, 0.15) is 0 Å². The summed E-state index contributed by atoms with van der Waals surface area (Å²) in [6.07, 6.45) is 2.16. The third-order valence-corrected chi connectivity index (χ3v) is 2.30. The number of carbonyl (C=O) groups is 1. The van der Waals surface area contributed by atoms with E-state index in [0.717, 1.165) is 11.0 Å². The van der Waals surface area contributed by atoms with E-state index in [1.165, 1.54) is 0 Å². The zero-order chi connectivity index (χ0) is 11.4. The van der Waals surface area contributed by atoms with Gasteiger partial charge in [0.05, 0.1) is 17.4 Å². The molecule has 16 heavy (non-hydrogen) atoms. The van der Waals surface area contributed by atoms with E-state index in [9.17, 15) is 4.79 Å². The number of nitrogens with zero attached hydrogens (tertiary/aromatic N) is 1. The maximum Gasteiger partial charge on any atom is 0.251 e. The maximum absolute atomic E-state index is 11.7. The predicted molar refractivity (Wildman–Crippen MR) is 60.1 cm³/mol. The van der Waals surface area contributed by atoms with Gasteiger partial charge in [-0.05, 0) is 24.6 Å². The highest BCUT2D eigenvalue weighted by atomic mass is 16.3. The third kappa shape index (κ3) is 2.20. The number of rotatable bonds is 4. The van der Waals surface area contributed by atoms with Gasteiger partial charge < -0.3 is 15.4 Å². The lowest BCUT2D eigenvalue weighted by molar-refractivity contribution is 0.0951. The predicted octanol–water partition coefficient (Wildman–Crippen LogP) is 0.675. The molecule has 5 heteroatoms. The van der Waals surface area contributed by atoms with Crippen LogP contribution in [0.15, 0.2) is 24.5 Å². The number of H-pyrrole nitrogens is 1. The van der Waals surface area contributed by atoms with Crippen molar-refractivity contribution in [3.63, 3.8) is 0 Å². The SMILES string of the molecule is O=C(NCCCO)c1ccc2nc[nH]c2c1. The van der Waals surface area contributed by atoms with E-state index in [0.29, 0.717) is 18.5 Å². The number of aromatic nitrogens is 2. The Bertz CT molecular complexity index is 493. The normalized spacial score (nSPS) is 10.6. The van der Waals surface area contributed by atoms with Gasteiger partial charge in [0.25, 0.3) is 5.91 Å². The molecular weight excluding hydrogens is 206 g/mol. The first kappa shape index (κ1) is 10.6. The third-order valence-electron chi connectivity index (χ3n) is 2.30. The highest BCUT2D eigenvalue weighted by Crippen LogP contribution is 2.11. The summed E-state index contributed by atoms with van der Waals surface area (Å²) in [5, 5.41) is 11.3. The van der Waals surface area contributed by atoms with Crippen LogP contribution in [0.4, 0.5) is 0 Å². The topological polar surface area (TPSA) is 78.0 Å². The van der Waals surface area contributed by atoms with E-state index in [-0.39, 0.29) is 12.5 Å². The van der Waals surface area contributed by atoms with Gasteiger partial charge in [0.2, 0.25) is 0 Å². The summed E-state index contributed by atoms with van der Waals surface area (Å²) in [5.41, 5.74) is 2.27. The lowest BCUT2D eigenvalue weighted by Crippen LogP contribution is -2.24. The van der Waals surface area contributed by atoms with E-state index < -0.39 is 0 Å². The minimum atomic E-state index is -0.134. The van der Waals surface area contributed by atoms with Gasteiger partial charge in [-0.2, -0.15) is 0 Å². The summed E-state index contributed by atoms with van der Waals surface area (Å²) in [6, 6.07) is 5.29. The molecule has 0 aliphatic carbocycles. The number of aromatic amines is 1. The molecule has 0 saturated heterocycles. The number of aliphatic hydroxyl groups excluding tert-OH is 1. The molecular formula is C11H13N3O2. The standard InChI is InChI=1S/C11H13N3O2/c15-5-1-4-12-11(16)8-2-3-9-10(6-8)14-7-13-9/h2-3,6-7,15H,1,4-5H2,(H,12,16)(H,13,14). The average Bonchev–Trinajstić information content (AvgIpc) is 2.76. The number of carbonyl (C=O) groups excluding carboxylic acids is 1. The molecule has 0 spiro atoms. The first-order chi connectivity index (χ1) is 7.81. The number of amides is 1. The van der Waals surface area contributed by atoms with E-state index in [4.69, 9.17) is 5.11 Å². The van der Waals surface area contributed by atoms with Crippen LogP contribution in [0.25, 0.3) is 11.0 Å². The monoisotopic (exact) mass is 219 g/mol. The van der Waals surface area contributed by atoms with Crippen molar-refractivity contribution in [1.82, 2.24) is 15.3 Å². The fourth-order valence-corrected chi connectivity index (χ4v) is 1.46. The molecule has 0 atom stereocenters. The molecule has 5 nitrogen and oxygen atoms in total. The second-order valence-electron chi connectivity index (χ2n) is 3.47. The smallest absolute Gasteiger partial charge is 0.251 e. The number of hydrogen-bond donors (Lipinski definition) is 3. The van der Waals surface area contributed by atoms with Gasteiger partial charge in [-0.15, -0.1) is 0 Å². The number of imidazole rings is 1. The van der Waals surface area contributed by atoms with E-state index >= 15 is 0 Å². The Kier molecular flexibility index (Phi) is 3.16. The molecule has 3 N–H and O–H groups in total. The molecule has 2 rings (SSSR count). The minimum Gasteiger partial charge on any atom is -0.396 e. The molecule has 1 aromatic heterocycles. The molecule has 84 valence electrons. The molecule has 0 saturated carbocycles. The molecule has 0 bridgehead atoms. The Morgan fingerprint density at radius 3 is 3.19 bits per heavy atom. The lowest BCUT2D eigenvalue weighted by Gasteiger charge is -2.03. The lowest BCUT2D eigenvalue weighted by atomic mass is 10.2. The number of fused-ring (bicyclic) bond motifs is 1. The summed E-state index contributed by atoms with van der Waals surface area (Å²) in [5.74, 6) is -0.134. The van der Waals surface area contributed by atoms with Crippen molar-refractivity contribution in [1.29, 1.82) is 0 Å². The molecule has 1 aromatic carbocycles. The van der Waals surface area contributed by atoms with E-state index in [1.54, 1.807) is 24.5 Å². The van der Waals surface area contributed by atoms with Crippen LogP contribution in [-0.4, -0.2) is 34.1 Å². The van der Waals surface area contributed by atoms with Gasteiger partial charge in [-0.25, -0.2) is 4.98 Å². The summed E-state index contributed by atoms with van der Waals surface area (Å²) < 4.78 is 0. The van der Waals surface area contributed by atoms with Crippen molar-refractivity contribution in [3.8, 4) is 0 Å². The highest BCUT2D eigenvalue weighted by molar-refractivity contribution is 5.97. The molecule has 0 fully saturated rings. The minimum absolute atomic E-state index is 0.0832. The summed E-state index contributed by atoms with van der Waals surface area (Å²) >= 11 is 0. The molecule has 0 radical (unpaired) electrons. The molecule has 0 aliphatic rings. The number of benzene rings is 1. The largest absolute Gasteiger partial charge is 0.396 e. The molecule has 0 aliphatic heterocycles. The highest BCUT2D eigenvalue weighted by Gasteiger charge is 2.06.